The molecule has 6 rings (SSSR count). The highest BCUT2D eigenvalue weighted by atomic mass is 19.1. The zero-order valence-electron chi connectivity index (χ0n) is 22.4. The van der Waals surface area contributed by atoms with E-state index in [9.17, 15) is 24.0 Å². The number of hydrogen-bond donors (Lipinski definition) is 2. The topological polar surface area (TPSA) is 113 Å². The number of aromatic amines is 1. The van der Waals surface area contributed by atoms with Crippen LogP contribution in [0, 0.1) is 17.1 Å². The first-order valence-electron chi connectivity index (χ1n) is 13.8. The van der Waals surface area contributed by atoms with Crippen LogP contribution < -0.4 is 15.8 Å². The summed E-state index contributed by atoms with van der Waals surface area (Å²) in [5.74, 6) is -0.785. The molecule has 3 aliphatic rings. The summed E-state index contributed by atoms with van der Waals surface area (Å²) in [6.07, 6.45) is 2.68. The standard InChI is InChI=1S/C30H31FN6O3/c1-35-9-11-36(12-10-35)30(40)24-14-18(16-32)13-22(19-5-6-19)28(24)37-8-7-20(17-37)33-29(39)23-15-26(38)34-27-21(23)3-2-4-25(27)31/h2-4,13-15,19-20H,5-12,17H2,1H3,(H,33,39)(H,34,38)/t20-/m1/s1. The number of nitrogens with one attached hydrogen (secondary N) is 2. The molecule has 1 atom stereocenters. The van der Waals surface area contributed by atoms with E-state index >= 15 is 0 Å². The lowest BCUT2D eigenvalue weighted by atomic mass is 9.97. The summed E-state index contributed by atoms with van der Waals surface area (Å²) in [4.78, 5) is 48.0. The Labute approximate surface area is 231 Å². The van der Waals surface area contributed by atoms with Crippen LogP contribution in [0.5, 0.6) is 0 Å². The molecule has 0 spiro atoms. The van der Waals surface area contributed by atoms with Crippen LogP contribution in [-0.4, -0.2) is 79.0 Å². The molecule has 3 heterocycles. The number of carbonyl (C=O) groups excluding carboxylic acids is 2. The molecule has 10 heteroatoms. The lowest BCUT2D eigenvalue weighted by Gasteiger charge is -2.34. The zero-order chi connectivity index (χ0) is 28.0. The number of pyridine rings is 1. The number of benzene rings is 2. The summed E-state index contributed by atoms with van der Waals surface area (Å²) in [6, 6.07) is 11.2. The molecule has 2 N–H and O–H groups in total. The number of aromatic nitrogens is 1. The van der Waals surface area contributed by atoms with Crippen LogP contribution in [0.3, 0.4) is 0 Å². The van der Waals surface area contributed by atoms with E-state index in [-0.39, 0.29) is 23.0 Å². The maximum Gasteiger partial charge on any atom is 0.256 e. The van der Waals surface area contributed by atoms with Gasteiger partial charge >= 0.3 is 0 Å². The number of halogens is 1. The van der Waals surface area contributed by atoms with Gasteiger partial charge < -0.3 is 25.0 Å². The molecule has 40 heavy (non-hydrogen) atoms. The van der Waals surface area contributed by atoms with E-state index in [4.69, 9.17) is 0 Å². The smallest absolute Gasteiger partial charge is 0.256 e. The number of nitriles is 1. The third-order valence-corrected chi connectivity index (χ3v) is 8.22. The van der Waals surface area contributed by atoms with Crippen LogP contribution in [0.2, 0.25) is 0 Å². The summed E-state index contributed by atoms with van der Waals surface area (Å²) >= 11 is 0. The highest BCUT2D eigenvalue weighted by molar-refractivity contribution is 6.06. The second kappa shape index (κ2) is 10.4. The highest BCUT2D eigenvalue weighted by Crippen LogP contribution is 2.47. The SMILES string of the molecule is CN1CCN(C(=O)c2cc(C#N)cc(C3CC3)c2N2CC[C@@H](NC(=O)c3cc(=O)[nH]c4c(F)cccc34)C2)CC1. The molecule has 0 unspecified atom stereocenters. The number of para-hydroxylation sites is 1. The van der Waals surface area contributed by atoms with Crippen LogP contribution in [-0.2, 0) is 0 Å². The Morgan fingerprint density at radius 1 is 1.05 bits per heavy atom. The van der Waals surface area contributed by atoms with Crippen molar-refractivity contribution in [2.75, 3.05) is 51.2 Å². The first kappa shape index (κ1) is 26.0. The van der Waals surface area contributed by atoms with Gasteiger partial charge in [0.15, 0.2) is 0 Å². The molecule has 1 aromatic heterocycles. The molecule has 0 radical (unpaired) electrons. The summed E-state index contributed by atoms with van der Waals surface area (Å²) in [6.45, 7) is 3.97. The van der Waals surface area contributed by atoms with Crippen LogP contribution in [0.4, 0.5) is 10.1 Å². The minimum Gasteiger partial charge on any atom is -0.369 e. The van der Waals surface area contributed by atoms with Gasteiger partial charge in [0.25, 0.3) is 11.8 Å². The van der Waals surface area contributed by atoms with Gasteiger partial charge in [-0.05, 0) is 56.0 Å². The van der Waals surface area contributed by atoms with Crippen molar-refractivity contribution in [3.63, 3.8) is 0 Å². The fraction of sp³-hybridized carbons (Fsp3) is 0.400. The minimum absolute atomic E-state index is 0.00640. The van der Waals surface area contributed by atoms with Crippen LogP contribution in [0.25, 0.3) is 10.9 Å². The van der Waals surface area contributed by atoms with Gasteiger partial charge in [0.2, 0.25) is 5.56 Å². The zero-order valence-corrected chi connectivity index (χ0v) is 22.4. The number of amides is 2. The molecule has 2 aliphatic heterocycles. The van der Waals surface area contributed by atoms with Crippen molar-refractivity contribution in [2.45, 2.75) is 31.2 Å². The molecular formula is C30H31FN6O3. The maximum atomic E-state index is 14.3. The Bertz CT molecular complexity index is 1600. The first-order valence-corrected chi connectivity index (χ1v) is 13.8. The molecular weight excluding hydrogens is 511 g/mol. The quantitative estimate of drug-likeness (QED) is 0.513. The van der Waals surface area contributed by atoms with Gasteiger partial charge in [-0.2, -0.15) is 5.26 Å². The van der Waals surface area contributed by atoms with Gasteiger partial charge in [0.1, 0.15) is 5.82 Å². The fourth-order valence-corrected chi connectivity index (χ4v) is 5.90. The van der Waals surface area contributed by atoms with Gasteiger partial charge in [0.05, 0.1) is 34.0 Å². The van der Waals surface area contributed by atoms with E-state index in [0.717, 1.165) is 37.2 Å². The lowest BCUT2D eigenvalue weighted by molar-refractivity contribution is 0.0664. The van der Waals surface area contributed by atoms with Gasteiger partial charge in [0, 0.05) is 56.8 Å². The number of likely N-dealkylation sites (N-methyl/N-ethyl adjacent to an activating group) is 1. The van der Waals surface area contributed by atoms with Gasteiger partial charge in [-0.3, -0.25) is 14.4 Å². The molecule has 0 bridgehead atoms. The highest BCUT2D eigenvalue weighted by Gasteiger charge is 2.36. The Kier molecular flexibility index (Phi) is 6.76. The van der Waals surface area contributed by atoms with E-state index in [1.807, 2.05) is 18.0 Å². The number of fused-ring (bicyclic) bond motifs is 1. The number of anilines is 1. The molecule has 1 saturated carbocycles. The van der Waals surface area contributed by atoms with E-state index in [0.29, 0.717) is 55.0 Å². The molecule has 1 aliphatic carbocycles. The van der Waals surface area contributed by atoms with Crippen LogP contribution >= 0.6 is 0 Å². The van der Waals surface area contributed by atoms with Crippen LogP contribution in [0.1, 0.15) is 57.0 Å². The van der Waals surface area contributed by atoms with Crippen molar-refractivity contribution in [2.24, 2.45) is 0 Å². The summed E-state index contributed by atoms with van der Waals surface area (Å²) in [7, 11) is 2.04. The number of piperazine rings is 1. The van der Waals surface area contributed by atoms with Gasteiger partial charge in [-0.25, -0.2) is 4.39 Å². The molecule has 9 nitrogen and oxygen atoms in total. The number of hydrogen-bond acceptors (Lipinski definition) is 6. The third-order valence-electron chi connectivity index (χ3n) is 8.22. The molecule has 2 aromatic carbocycles. The second-order valence-electron chi connectivity index (χ2n) is 11.1. The van der Waals surface area contributed by atoms with Gasteiger partial charge in [-0.15, -0.1) is 0 Å². The van der Waals surface area contributed by atoms with E-state index in [1.54, 1.807) is 12.1 Å². The monoisotopic (exact) mass is 542 g/mol. The largest absolute Gasteiger partial charge is 0.369 e. The van der Waals surface area contributed by atoms with Gasteiger partial charge in [-0.1, -0.05) is 12.1 Å². The van der Waals surface area contributed by atoms with Crippen molar-refractivity contribution in [3.05, 3.63) is 74.8 Å². The normalized spacial score (nSPS) is 19.6. The van der Waals surface area contributed by atoms with Crippen molar-refractivity contribution in [1.29, 1.82) is 5.26 Å². The van der Waals surface area contributed by atoms with Crippen LogP contribution in [0.15, 0.2) is 41.2 Å². The summed E-state index contributed by atoms with van der Waals surface area (Å²) in [5.41, 5.74) is 2.51. The van der Waals surface area contributed by atoms with Crippen molar-refractivity contribution >= 4 is 28.4 Å². The number of carbonyl (C=O) groups is 2. The second-order valence-corrected chi connectivity index (χ2v) is 11.1. The predicted octanol–water partition coefficient (Wildman–Crippen LogP) is 2.81. The molecule has 2 amide bonds. The van der Waals surface area contributed by atoms with Crippen molar-refractivity contribution < 1.29 is 14.0 Å². The maximum absolute atomic E-state index is 14.3. The summed E-state index contributed by atoms with van der Waals surface area (Å²) in [5, 5.41) is 13.1. The molecule has 3 fully saturated rings. The first-order chi connectivity index (χ1) is 19.3. The Morgan fingerprint density at radius 2 is 1.82 bits per heavy atom. The molecule has 2 saturated heterocycles. The van der Waals surface area contributed by atoms with E-state index in [2.05, 4.69) is 26.2 Å². The molecule has 206 valence electrons. The number of rotatable bonds is 5. The van der Waals surface area contributed by atoms with Crippen molar-refractivity contribution in [1.82, 2.24) is 20.1 Å². The minimum atomic E-state index is -0.595. The number of H-pyrrole nitrogens is 1. The lowest BCUT2D eigenvalue weighted by Crippen LogP contribution is -2.47. The fourth-order valence-electron chi connectivity index (χ4n) is 5.90. The predicted molar refractivity (Wildman–Crippen MR) is 149 cm³/mol. The Morgan fingerprint density at radius 3 is 2.55 bits per heavy atom. The van der Waals surface area contributed by atoms with E-state index in [1.165, 1.54) is 18.2 Å². The molecule has 3 aromatic rings. The Balaban J connectivity index is 1.28. The van der Waals surface area contributed by atoms with E-state index < -0.39 is 17.3 Å². The average molecular weight is 543 g/mol. The van der Waals surface area contributed by atoms with Crippen molar-refractivity contribution in [3.8, 4) is 6.07 Å². The summed E-state index contributed by atoms with van der Waals surface area (Å²) < 4.78 is 14.3. The number of nitrogens with zero attached hydrogens (tertiary/aromatic N) is 4. The third kappa shape index (κ3) is 4.93. The average Bonchev–Trinajstić information content (AvgIpc) is 3.71. The Hall–Kier alpha value is -4.23.